The van der Waals surface area contributed by atoms with Crippen molar-refractivity contribution in [3.63, 3.8) is 0 Å². The van der Waals surface area contributed by atoms with Gasteiger partial charge in [0.25, 0.3) is 0 Å². The van der Waals surface area contributed by atoms with Crippen LogP contribution in [0.1, 0.15) is 13.8 Å². The summed E-state index contributed by atoms with van der Waals surface area (Å²) in [7, 11) is 3.54. The van der Waals surface area contributed by atoms with Crippen LogP contribution < -0.4 is 0 Å². The van der Waals surface area contributed by atoms with E-state index in [-0.39, 0.29) is 6.10 Å². The van der Waals surface area contributed by atoms with Crippen LogP contribution in [-0.4, -0.2) is 32.6 Å². The average molecular weight is 139 g/mol. The molecule has 0 aromatic carbocycles. The summed E-state index contributed by atoms with van der Waals surface area (Å²) in [4.78, 5) is 6.71. The van der Waals surface area contributed by atoms with E-state index in [1.807, 2.05) is 21.3 Å². The third-order valence-corrected chi connectivity index (χ3v) is 1.10. The predicted octanol–water partition coefficient (Wildman–Crippen LogP) is 0.230. The lowest BCUT2D eigenvalue weighted by atomic mass is 9.86. The van der Waals surface area contributed by atoms with Crippen LogP contribution in [0.5, 0.6) is 0 Å². The maximum absolute atomic E-state index is 5.17. The van der Waals surface area contributed by atoms with E-state index in [0.717, 1.165) is 12.9 Å². The SMILES string of the molecule is CC(C)O[B]N1[B]CCO1. The van der Waals surface area contributed by atoms with Crippen LogP contribution in [0.2, 0.25) is 6.32 Å². The smallest absolute Gasteiger partial charge is 0.412 e. The molecule has 1 heterocycles. The van der Waals surface area contributed by atoms with Crippen molar-refractivity contribution < 1.29 is 9.49 Å². The van der Waals surface area contributed by atoms with E-state index in [1.165, 1.54) is 0 Å². The molecule has 10 heavy (non-hydrogen) atoms. The molecule has 5 heteroatoms. The summed E-state index contributed by atoms with van der Waals surface area (Å²) in [5.74, 6) is 0. The molecule has 1 rings (SSSR count). The Morgan fingerprint density at radius 2 is 2.50 bits per heavy atom. The molecule has 0 aromatic heterocycles. The van der Waals surface area contributed by atoms with Gasteiger partial charge in [0.15, 0.2) is 0 Å². The molecule has 0 spiro atoms. The third kappa shape index (κ3) is 2.73. The summed E-state index contributed by atoms with van der Waals surface area (Å²) in [5.41, 5.74) is 0. The number of nitrogens with zero attached hydrogens (tertiary/aromatic N) is 1. The second kappa shape index (κ2) is 4.01. The van der Waals surface area contributed by atoms with Gasteiger partial charge in [-0.1, -0.05) is 0 Å². The molecule has 0 N–H and O–H groups in total. The third-order valence-electron chi connectivity index (χ3n) is 1.10. The first kappa shape index (κ1) is 8.11. The van der Waals surface area contributed by atoms with Crippen molar-refractivity contribution in [1.29, 1.82) is 0 Å². The quantitative estimate of drug-likeness (QED) is 0.522. The number of hydrogen-bond donors (Lipinski definition) is 0. The van der Waals surface area contributed by atoms with Gasteiger partial charge in [0, 0.05) is 6.10 Å². The van der Waals surface area contributed by atoms with Crippen molar-refractivity contribution in [2.24, 2.45) is 0 Å². The standard InChI is InChI=1S/C5H11B2NO2/c1-5(2)10-7-8-6-3-4-9-8/h5H,3-4H2,1-2H3. The van der Waals surface area contributed by atoms with Crippen LogP contribution in [0, 0.1) is 0 Å². The van der Waals surface area contributed by atoms with Gasteiger partial charge in [-0.3, -0.25) is 0 Å². The van der Waals surface area contributed by atoms with E-state index in [2.05, 4.69) is 0 Å². The first-order chi connectivity index (χ1) is 4.79. The highest BCUT2D eigenvalue weighted by atomic mass is 16.7. The molecule has 0 saturated carbocycles. The second-order valence-electron chi connectivity index (χ2n) is 2.45. The summed E-state index contributed by atoms with van der Waals surface area (Å²) in [5, 5.41) is 0. The van der Waals surface area contributed by atoms with Crippen molar-refractivity contribution in [3.05, 3.63) is 0 Å². The molecule has 1 aliphatic rings. The van der Waals surface area contributed by atoms with Crippen LogP contribution in [0.3, 0.4) is 0 Å². The van der Waals surface area contributed by atoms with Gasteiger partial charge in [0.05, 0.1) is 6.61 Å². The predicted molar refractivity (Wildman–Crippen MR) is 40.3 cm³/mol. The zero-order valence-corrected chi connectivity index (χ0v) is 6.41. The summed E-state index contributed by atoms with van der Waals surface area (Å²) >= 11 is 0. The Morgan fingerprint density at radius 1 is 1.70 bits per heavy atom. The van der Waals surface area contributed by atoms with Crippen molar-refractivity contribution >= 4 is 15.0 Å². The molecule has 1 aliphatic heterocycles. The Balaban J connectivity index is 2.01. The van der Waals surface area contributed by atoms with E-state index in [0.29, 0.717) is 0 Å². The average Bonchev–Trinajstić information content (AvgIpc) is 2.34. The first-order valence-corrected chi connectivity index (χ1v) is 3.52. The lowest BCUT2D eigenvalue weighted by Crippen LogP contribution is -2.29. The molecular formula is C5H11B2NO2. The molecule has 0 unspecified atom stereocenters. The van der Waals surface area contributed by atoms with Crippen LogP contribution in [-0.2, 0) is 9.49 Å². The van der Waals surface area contributed by atoms with Crippen LogP contribution in [0.25, 0.3) is 0 Å². The maximum Gasteiger partial charge on any atom is 0.412 e. The normalized spacial score (nSPS) is 19.5. The molecule has 0 atom stereocenters. The molecule has 0 bridgehead atoms. The minimum absolute atomic E-state index is 0.220. The van der Waals surface area contributed by atoms with Gasteiger partial charge < -0.3 is 9.49 Å². The zero-order chi connectivity index (χ0) is 7.40. The van der Waals surface area contributed by atoms with Crippen LogP contribution >= 0.6 is 0 Å². The molecular weight excluding hydrogens is 128 g/mol. The van der Waals surface area contributed by atoms with Gasteiger partial charge in [-0.25, -0.2) is 4.89 Å². The Labute approximate surface area is 63.2 Å². The summed E-state index contributed by atoms with van der Waals surface area (Å²) in [6.45, 7) is 4.72. The van der Waals surface area contributed by atoms with Crippen LogP contribution in [0.15, 0.2) is 0 Å². The first-order valence-electron chi connectivity index (χ1n) is 3.52. The van der Waals surface area contributed by atoms with Gasteiger partial charge >= 0.3 is 7.62 Å². The summed E-state index contributed by atoms with van der Waals surface area (Å²) in [6.07, 6.45) is 1.19. The van der Waals surface area contributed by atoms with Gasteiger partial charge in [-0.05, 0) is 20.2 Å². The highest BCUT2D eigenvalue weighted by molar-refractivity contribution is 6.46. The fraction of sp³-hybridized carbons (Fsp3) is 1.00. The van der Waals surface area contributed by atoms with E-state index in [4.69, 9.17) is 9.49 Å². The Kier molecular flexibility index (Phi) is 3.25. The zero-order valence-electron chi connectivity index (χ0n) is 6.41. The molecule has 3 nitrogen and oxygen atoms in total. The van der Waals surface area contributed by atoms with Gasteiger partial charge in [-0.15, -0.1) is 0 Å². The van der Waals surface area contributed by atoms with Gasteiger partial charge in [0.1, 0.15) is 0 Å². The van der Waals surface area contributed by atoms with Crippen LogP contribution in [0.4, 0.5) is 0 Å². The lowest BCUT2D eigenvalue weighted by molar-refractivity contribution is -0.00613. The summed E-state index contributed by atoms with van der Waals surface area (Å²) in [6, 6.07) is 0. The highest BCUT2D eigenvalue weighted by Gasteiger charge is 2.16. The van der Waals surface area contributed by atoms with E-state index >= 15 is 0 Å². The fourth-order valence-corrected chi connectivity index (χ4v) is 0.646. The lowest BCUT2D eigenvalue weighted by Gasteiger charge is -2.13. The van der Waals surface area contributed by atoms with Gasteiger partial charge in [-0.2, -0.15) is 0 Å². The number of rotatable bonds is 3. The number of hydrogen-bond acceptors (Lipinski definition) is 3. The summed E-state index contributed by atoms with van der Waals surface area (Å²) < 4.78 is 5.17. The molecule has 0 aliphatic carbocycles. The Hall–Kier alpha value is 0.00987. The van der Waals surface area contributed by atoms with Crippen molar-refractivity contribution in [2.45, 2.75) is 26.3 Å². The minimum atomic E-state index is 0.220. The van der Waals surface area contributed by atoms with Crippen molar-refractivity contribution in [1.82, 2.24) is 4.89 Å². The fourth-order valence-electron chi connectivity index (χ4n) is 0.646. The largest absolute Gasteiger partial charge is 0.421 e. The van der Waals surface area contributed by atoms with E-state index in [1.54, 1.807) is 12.5 Å². The van der Waals surface area contributed by atoms with Crippen molar-refractivity contribution in [3.8, 4) is 0 Å². The molecule has 0 aromatic rings. The Morgan fingerprint density at radius 3 is 3.00 bits per heavy atom. The minimum Gasteiger partial charge on any atom is -0.421 e. The molecule has 54 valence electrons. The van der Waals surface area contributed by atoms with Crippen molar-refractivity contribution in [2.75, 3.05) is 6.61 Å². The van der Waals surface area contributed by atoms with E-state index in [9.17, 15) is 0 Å². The highest BCUT2D eigenvalue weighted by Crippen LogP contribution is 2.01. The molecule has 1 saturated heterocycles. The second-order valence-corrected chi connectivity index (χ2v) is 2.45. The monoisotopic (exact) mass is 139 g/mol. The molecule has 0 amide bonds. The van der Waals surface area contributed by atoms with Gasteiger partial charge in [0.2, 0.25) is 7.41 Å². The Bertz CT molecular complexity index is 95.6. The molecule has 1 fully saturated rings. The topological polar surface area (TPSA) is 21.7 Å². The molecule has 2 radical (unpaired) electrons. The maximum atomic E-state index is 5.17. The van der Waals surface area contributed by atoms with E-state index < -0.39 is 0 Å².